The second-order valence-corrected chi connectivity index (χ2v) is 10.6. The number of rotatable bonds is 14. The monoisotopic (exact) mass is 487 g/mol. The summed E-state index contributed by atoms with van der Waals surface area (Å²) in [7, 11) is -3.62. The number of benzene rings is 1. The van der Waals surface area contributed by atoms with Crippen molar-refractivity contribution in [1.82, 2.24) is 10.2 Å². The van der Waals surface area contributed by atoms with Gasteiger partial charge in [0.1, 0.15) is 5.51 Å². The van der Waals surface area contributed by atoms with E-state index in [1.54, 1.807) is 12.1 Å². The topological polar surface area (TPSA) is 72.0 Å². The summed E-state index contributed by atoms with van der Waals surface area (Å²) >= 11 is 4.89. The molecule has 1 aromatic carbocycles. The van der Waals surface area contributed by atoms with Gasteiger partial charge in [0.15, 0.2) is 0 Å². The van der Waals surface area contributed by atoms with E-state index in [-0.39, 0.29) is 14.9 Å². The van der Waals surface area contributed by atoms with E-state index in [4.69, 9.17) is 0 Å². The summed E-state index contributed by atoms with van der Waals surface area (Å²) in [4.78, 5) is 0.485. The van der Waals surface area contributed by atoms with Gasteiger partial charge in [0, 0.05) is 4.83 Å². The summed E-state index contributed by atoms with van der Waals surface area (Å²) in [6.07, 6.45) is 12.9. The van der Waals surface area contributed by atoms with Gasteiger partial charge in [-0.15, -0.1) is 10.2 Å². The fraction of sp³-hybridized carbons (Fsp3) is 0.600. The number of hydrogen-bond acceptors (Lipinski definition) is 5. The summed E-state index contributed by atoms with van der Waals surface area (Å²) in [5, 5.41) is 7.62. The van der Waals surface area contributed by atoms with Gasteiger partial charge in [-0.05, 0) is 24.1 Å². The predicted molar refractivity (Wildman–Crippen MR) is 121 cm³/mol. The van der Waals surface area contributed by atoms with Crippen molar-refractivity contribution in [3.8, 4) is 0 Å². The first kappa shape index (κ1) is 23.3. The highest BCUT2D eigenvalue weighted by Gasteiger charge is 2.16. The Morgan fingerprint density at radius 3 is 2.18 bits per heavy atom. The van der Waals surface area contributed by atoms with Gasteiger partial charge in [-0.2, -0.15) is 0 Å². The zero-order valence-electron chi connectivity index (χ0n) is 16.4. The molecule has 8 heteroatoms. The Bertz CT molecular complexity index is 765. The highest BCUT2D eigenvalue weighted by molar-refractivity contribution is 9.09. The van der Waals surface area contributed by atoms with Gasteiger partial charge in [-0.3, -0.25) is 4.72 Å². The van der Waals surface area contributed by atoms with E-state index in [9.17, 15) is 8.42 Å². The van der Waals surface area contributed by atoms with Gasteiger partial charge in [0.2, 0.25) is 5.13 Å². The first-order chi connectivity index (χ1) is 13.5. The lowest BCUT2D eigenvalue weighted by Crippen LogP contribution is -2.12. The van der Waals surface area contributed by atoms with E-state index in [1.807, 2.05) is 12.1 Å². The Labute approximate surface area is 181 Å². The SMILES string of the molecule is CCCCCCCCCCCC(Br)c1ccc(S(=O)(=O)Nc2nncs2)cc1. The normalized spacial score (nSPS) is 12.8. The second-order valence-electron chi connectivity index (χ2n) is 7.00. The molecule has 0 saturated heterocycles. The van der Waals surface area contributed by atoms with E-state index in [2.05, 4.69) is 37.8 Å². The molecule has 0 aliphatic carbocycles. The minimum absolute atomic E-state index is 0.231. The van der Waals surface area contributed by atoms with Crippen molar-refractivity contribution < 1.29 is 8.42 Å². The zero-order chi connectivity index (χ0) is 20.2. The molecular weight excluding hydrogens is 458 g/mol. The van der Waals surface area contributed by atoms with Gasteiger partial charge >= 0.3 is 0 Å². The van der Waals surface area contributed by atoms with Crippen LogP contribution in [-0.4, -0.2) is 18.6 Å². The standard InChI is InChI=1S/C20H30BrN3O2S2/c1-2-3-4-5-6-7-8-9-10-11-19(21)17-12-14-18(15-13-17)28(25,26)24-20-23-22-16-27-20/h12-16,19H,2-11H2,1H3,(H,23,24). The van der Waals surface area contributed by atoms with Crippen LogP contribution in [0.2, 0.25) is 0 Å². The van der Waals surface area contributed by atoms with Crippen LogP contribution in [0.5, 0.6) is 0 Å². The van der Waals surface area contributed by atoms with Crippen LogP contribution < -0.4 is 4.72 Å². The van der Waals surface area contributed by atoms with E-state index in [0.29, 0.717) is 0 Å². The van der Waals surface area contributed by atoms with Gasteiger partial charge < -0.3 is 0 Å². The van der Waals surface area contributed by atoms with Gasteiger partial charge in [0.05, 0.1) is 4.90 Å². The van der Waals surface area contributed by atoms with E-state index >= 15 is 0 Å². The Kier molecular flexibility index (Phi) is 10.4. The van der Waals surface area contributed by atoms with Crippen molar-refractivity contribution in [3.05, 3.63) is 35.3 Å². The number of hydrogen-bond donors (Lipinski definition) is 1. The quantitative estimate of drug-likeness (QED) is 0.237. The number of unbranched alkanes of at least 4 members (excludes halogenated alkanes) is 8. The van der Waals surface area contributed by atoms with Crippen molar-refractivity contribution in [3.63, 3.8) is 0 Å². The number of nitrogens with zero attached hydrogens (tertiary/aromatic N) is 2. The predicted octanol–water partition coefficient (Wildman–Crippen LogP) is 6.70. The third kappa shape index (κ3) is 8.17. The van der Waals surface area contributed by atoms with Gasteiger partial charge in [-0.25, -0.2) is 8.42 Å². The van der Waals surface area contributed by atoms with E-state index < -0.39 is 10.0 Å². The average molecular weight is 489 g/mol. The van der Waals surface area contributed by atoms with Gasteiger partial charge in [-0.1, -0.05) is 104 Å². The van der Waals surface area contributed by atoms with Crippen LogP contribution in [0.15, 0.2) is 34.7 Å². The van der Waals surface area contributed by atoms with Gasteiger partial charge in [0.25, 0.3) is 10.0 Å². The lowest BCUT2D eigenvalue weighted by Gasteiger charge is -2.11. The number of anilines is 1. The van der Waals surface area contributed by atoms with Crippen LogP contribution in [0.25, 0.3) is 0 Å². The highest BCUT2D eigenvalue weighted by Crippen LogP contribution is 2.30. The second kappa shape index (κ2) is 12.5. The Hall–Kier alpha value is -0.990. The number of halogens is 1. The molecule has 0 bridgehead atoms. The van der Waals surface area contributed by atoms with Crippen LogP contribution >= 0.6 is 27.3 Å². The molecule has 2 aromatic rings. The van der Waals surface area contributed by atoms with E-state index in [0.717, 1.165) is 23.3 Å². The first-order valence-electron chi connectivity index (χ1n) is 10.1. The molecule has 0 spiro atoms. The highest BCUT2D eigenvalue weighted by atomic mass is 79.9. The average Bonchev–Trinajstić information content (AvgIpc) is 3.19. The molecule has 0 amide bonds. The van der Waals surface area contributed by atoms with Crippen LogP contribution in [0.4, 0.5) is 5.13 Å². The third-order valence-electron chi connectivity index (χ3n) is 4.69. The van der Waals surface area contributed by atoms with Crippen molar-refractivity contribution in [2.75, 3.05) is 4.72 Å². The Morgan fingerprint density at radius 2 is 1.61 bits per heavy atom. The molecule has 0 fully saturated rings. The largest absolute Gasteiger partial charge is 0.263 e. The number of sulfonamides is 1. The summed E-state index contributed by atoms with van der Waals surface area (Å²) in [6, 6.07) is 7.04. The fourth-order valence-electron chi connectivity index (χ4n) is 3.05. The van der Waals surface area contributed by atoms with Crippen LogP contribution in [0, 0.1) is 0 Å². The molecule has 0 aliphatic heterocycles. The molecule has 1 heterocycles. The summed E-state index contributed by atoms with van der Waals surface area (Å²) < 4.78 is 27.1. The third-order valence-corrected chi connectivity index (χ3v) is 7.77. The van der Waals surface area contributed by atoms with Crippen molar-refractivity contribution in [2.24, 2.45) is 0 Å². The lowest BCUT2D eigenvalue weighted by atomic mass is 10.0. The van der Waals surface area contributed by atoms with E-state index in [1.165, 1.54) is 63.3 Å². The molecule has 1 N–H and O–H groups in total. The first-order valence-corrected chi connectivity index (χ1v) is 13.3. The molecule has 28 heavy (non-hydrogen) atoms. The molecule has 1 atom stereocenters. The Morgan fingerprint density at radius 1 is 1.00 bits per heavy atom. The van der Waals surface area contributed by atoms with Crippen molar-refractivity contribution >= 4 is 42.4 Å². The molecule has 2 rings (SSSR count). The maximum absolute atomic E-state index is 12.4. The molecule has 0 saturated carbocycles. The zero-order valence-corrected chi connectivity index (χ0v) is 19.7. The summed E-state index contributed by atoms with van der Waals surface area (Å²) in [5.74, 6) is 0. The maximum Gasteiger partial charge on any atom is 0.263 e. The van der Waals surface area contributed by atoms with Crippen LogP contribution in [0.3, 0.4) is 0 Å². The number of aromatic nitrogens is 2. The molecule has 0 aliphatic rings. The van der Waals surface area contributed by atoms with Crippen molar-refractivity contribution in [1.29, 1.82) is 0 Å². The van der Waals surface area contributed by atoms with Crippen LogP contribution in [0.1, 0.15) is 81.5 Å². The molecule has 156 valence electrons. The summed E-state index contributed by atoms with van der Waals surface area (Å²) in [5.41, 5.74) is 2.59. The smallest absolute Gasteiger partial charge is 0.253 e. The molecule has 1 unspecified atom stereocenters. The minimum atomic E-state index is -3.62. The maximum atomic E-state index is 12.4. The Balaban J connectivity index is 1.70. The number of nitrogens with one attached hydrogen (secondary N) is 1. The molecule has 5 nitrogen and oxygen atoms in total. The van der Waals surface area contributed by atoms with Crippen LogP contribution in [-0.2, 0) is 10.0 Å². The molecular formula is C20H30BrN3O2S2. The fourth-order valence-corrected chi connectivity index (χ4v) is 5.37. The summed E-state index contributed by atoms with van der Waals surface area (Å²) in [6.45, 7) is 2.25. The molecule has 1 aromatic heterocycles. The molecule has 0 radical (unpaired) electrons. The number of alkyl halides is 1. The minimum Gasteiger partial charge on any atom is -0.253 e. The van der Waals surface area contributed by atoms with Crippen molar-refractivity contribution in [2.45, 2.75) is 80.9 Å². The lowest BCUT2D eigenvalue weighted by molar-refractivity contribution is 0.556.